The normalized spacial score (nSPS) is 34.4. The molecule has 3 fully saturated rings. The second-order valence-corrected chi connectivity index (χ2v) is 12.9. The monoisotopic (exact) mass is 508 g/mol. The quantitative estimate of drug-likeness (QED) is 0.570. The molecule has 5 heterocycles. The minimum atomic E-state index is -0.531. The Morgan fingerprint density at radius 1 is 0.737 bits per heavy atom. The first kappa shape index (κ1) is 23.6. The number of nitrogens with one attached hydrogen (secondary N) is 2. The zero-order chi connectivity index (χ0) is 26.8. The Balaban J connectivity index is 1.38. The van der Waals surface area contributed by atoms with E-state index in [9.17, 15) is 9.59 Å². The molecule has 5 aliphatic rings. The predicted molar refractivity (Wildman–Crippen MR) is 150 cm³/mol. The number of piperazine rings is 1. The van der Waals surface area contributed by atoms with Gasteiger partial charge in [0.2, 0.25) is 11.8 Å². The molecule has 5 aliphatic heterocycles. The summed E-state index contributed by atoms with van der Waals surface area (Å²) in [6.45, 7) is 17.1. The van der Waals surface area contributed by atoms with Gasteiger partial charge in [0.15, 0.2) is 0 Å². The zero-order valence-electron chi connectivity index (χ0n) is 22.6. The minimum Gasteiger partial charge on any atom is -0.364 e. The van der Waals surface area contributed by atoms with E-state index in [4.69, 9.17) is 0 Å². The van der Waals surface area contributed by atoms with Crippen molar-refractivity contribution in [1.82, 2.24) is 9.80 Å². The third-order valence-electron chi connectivity index (χ3n) is 11.0. The van der Waals surface area contributed by atoms with E-state index in [0.717, 1.165) is 11.4 Å². The molecule has 3 saturated heterocycles. The standard InChI is InChI=1S/C32H36N4O2/c1-7-29(3,4)31-17-23-25(37)36-24(26(38)35(23)27(31)33-21-15-11-9-13-19(21)31)18-32(30(5,6)8-2)20-14-10-12-16-22(20)34-28(32)36/h7-16,23-24,27-28,33-34H,1-2,17-18H2,3-6H3/t23-,24-,27-,28+,31-,32+/m1/s1. The van der Waals surface area contributed by atoms with Crippen LogP contribution >= 0.6 is 0 Å². The van der Waals surface area contributed by atoms with Crippen LogP contribution in [0.4, 0.5) is 11.4 Å². The van der Waals surface area contributed by atoms with Crippen molar-refractivity contribution in [3.05, 3.63) is 85.0 Å². The molecule has 0 radical (unpaired) electrons. The number of nitrogens with zero attached hydrogens (tertiary/aromatic N) is 2. The van der Waals surface area contributed by atoms with E-state index in [0.29, 0.717) is 12.8 Å². The molecule has 196 valence electrons. The van der Waals surface area contributed by atoms with Crippen molar-refractivity contribution in [1.29, 1.82) is 0 Å². The van der Waals surface area contributed by atoms with Gasteiger partial charge >= 0.3 is 0 Å². The van der Waals surface area contributed by atoms with E-state index in [1.807, 2.05) is 46.2 Å². The largest absolute Gasteiger partial charge is 0.364 e. The summed E-state index contributed by atoms with van der Waals surface area (Å²) in [6, 6.07) is 15.5. The highest BCUT2D eigenvalue weighted by atomic mass is 16.2. The minimum absolute atomic E-state index is 0.0366. The maximum absolute atomic E-state index is 14.6. The fraction of sp³-hybridized carbons (Fsp3) is 0.438. The lowest BCUT2D eigenvalue weighted by atomic mass is 9.60. The van der Waals surface area contributed by atoms with Crippen LogP contribution in [0, 0.1) is 10.8 Å². The summed E-state index contributed by atoms with van der Waals surface area (Å²) >= 11 is 0. The third kappa shape index (κ3) is 2.37. The van der Waals surface area contributed by atoms with Crippen LogP contribution in [0.25, 0.3) is 0 Å². The molecule has 0 saturated carbocycles. The van der Waals surface area contributed by atoms with Crippen molar-refractivity contribution >= 4 is 23.2 Å². The summed E-state index contributed by atoms with van der Waals surface area (Å²) in [5, 5.41) is 7.36. The topological polar surface area (TPSA) is 64.7 Å². The third-order valence-corrected chi connectivity index (χ3v) is 11.0. The van der Waals surface area contributed by atoms with Crippen molar-refractivity contribution in [2.45, 2.75) is 75.8 Å². The van der Waals surface area contributed by atoms with Crippen LogP contribution in [-0.4, -0.2) is 46.0 Å². The number of rotatable bonds is 4. The van der Waals surface area contributed by atoms with Crippen LogP contribution in [-0.2, 0) is 20.4 Å². The molecule has 0 unspecified atom stereocenters. The summed E-state index contributed by atoms with van der Waals surface area (Å²) in [5.74, 6) is 0.0733. The van der Waals surface area contributed by atoms with Gasteiger partial charge in [-0.05, 0) is 46.9 Å². The van der Waals surface area contributed by atoms with Crippen LogP contribution in [0.1, 0.15) is 51.7 Å². The average molecular weight is 509 g/mol. The molecule has 6 atom stereocenters. The first-order valence-electron chi connectivity index (χ1n) is 13.7. The molecule has 2 aromatic rings. The van der Waals surface area contributed by atoms with E-state index in [1.165, 1.54) is 11.1 Å². The molecule has 7 rings (SSSR count). The van der Waals surface area contributed by atoms with Gasteiger partial charge in [0.1, 0.15) is 24.4 Å². The summed E-state index contributed by atoms with van der Waals surface area (Å²) < 4.78 is 0. The zero-order valence-corrected chi connectivity index (χ0v) is 22.6. The smallest absolute Gasteiger partial charge is 0.247 e. The second-order valence-electron chi connectivity index (χ2n) is 12.9. The highest BCUT2D eigenvalue weighted by Crippen LogP contribution is 2.64. The number of allylic oxidation sites excluding steroid dienone is 2. The van der Waals surface area contributed by atoms with Crippen molar-refractivity contribution in [3.63, 3.8) is 0 Å². The summed E-state index contributed by atoms with van der Waals surface area (Å²) in [7, 11) is 0. The Hall–Kier alpha value is -3.54. The second kappa shape index (κ2) is 7.10. The highest BCUT2D eigenvalue weighted by molar-refractivity contribution is 6.00. The van der Waals surface area contributed by atoms with Gasteiger partial charge in [0.05, 0.1) is 0 Å². The lowest BCUT2D eigenvalue weighted by Gasteiger charge is -2.45. The molecule has 0 aromatic heterocycles. The number of hydrogen-bond donors (Lipinski definition) is 2. The molecular formula is C32H36N4O2. The van der Waals surface area contributed by atoms with Crippen LogP contribution in [0.5, 0.6) is 0 Å². The van der Waals surface area contributed by atoms with Gasteiger partial charge in [0.25, 0.3) is 0 Å². The maximum Gasteiger partial charge on any atom is 0.247 e. The number of carbonyl (C=O) groups is 2. The molecule has 0 bridgehead atoms. The summed E-state index contributed by atoms with van der Waals surface area (Å²) in [4.78, 5) is 33.0. The van der Waals surface area contributed by atoms with Crippen molar-refractivity contribution in [2.24, 2.45) is 10.8 Å². The van der Waals surface area contributed by atoms with E-state index in [-0.39, 0.29) is 35.0 Å². The Morgan fingerprint density at radius 3 is 1.47 bits per heavy atom. The first-order valence-corrected chi connectivity index (χ1v) is 13.7. The molecule has 6 nitrogen and oxygen atoms in total. The van der Waals surface area contributed by atoms with Crippen molar-refractivity contribution < 1.29 is 9.59 Å². The van der Waals surface area contributed by atoms with Gasteiger partial charge in [-0.3, -0.25) is 9.59 Å². The van der Waals surface area contributed by atoms with E-state index >= 15 is 0 Å². The number of anilines is 2. The van der Waals surface area contributed by atoms with Crippen molar-refractivity contribution in [2.75, 3.05) is 10.6 Å². The van der Waals surface area contributed by atoms with Crippen LogP contribution in [0.3, 0.4) is 0 Å². The Morgan fingerprint density at radius 2 is 1.11 bits per heavy atom. The van der Waals surface area contributed by atoms with Gasteiger partial charge < -0.3 is 20.4 Å². The van der Waals surface area contributed by atoms with Gasteiger partial charge in [0, 0.05) is 22.2 Å². The van der Waals surface area contributed by atoms with Crippen LogP contribution < -0.4 is 10.6 Å². The van der Waals surface area contributed by atoms with E-state index < -0.39 is 22.9 Å². The highest BCUT2D eigenvalue weighted by Gasteiger charge is 2.73. The van der Waals surface area contributed by atoms with E-state index in [1.54, 1.807) is 0 Å². The first-order chi connectivity index (χ1) is 18.1. The fourth-order valence-corrected chi connectivity index (χ4v) is 8.66. The molecule has 2 amide bonds. The Labute approximate surface area is 224 Å². The van der Waals surface area contributed by atoms with E-state index in [2.05, 4.69) is 75.8 Å². The lowest BCUT2D eigenvalue weighted by Crippen LogP contribution is -2.66. The van der Waals surface area contributed by atoms with Crippen LogP contribution in [0.15, 0.2) is 73.8 Å². The predicted octanol–water partition coefficient (Wildman–Crippen LogP) is 5.01. The van der Waals surface area contributed by atoms with Gasteiger partial charge in [-0.1, -0.05) is 76.2 Å². The molecular weight excluding hydrogens is 472 g/mol. The van der Waals surface area contributed by atoms with Gasteiger partial charge in [-0.25, -0.2) is 0 Å². The fourth-order valence-electron chi connectivity index (χ4n) is 8.66. The number of benzene rings is 2. The number of para-hydroxylation sites is 2. The Kier molecular flexibility index (Phi) is 4.40. The van der Waals surface area contributed by atoms with Gasteiger partial charge in [-0.2, -0.15) is 0 Å². The lowest BCUT2D eigenvalue weighted by molar-refractivity contribution is -0.160. The number of amides is 2. The average Bonchev–Trinajstić information content (AvgIpc) is 3.62. The number of fused-ring (bicyclic) bond motifs is 10. The molecule has 0 spiro atoms. The van der Waals surface area contributed by atoms with Crippen molar-refractivity contribution in [3.8, 4) is 0 Å². The molecule has 2 aromatic carbocycles. The van der Waals surface area contributed by atoms with Crippen LogP contribution in [0.2, 0.25) is 0 Å². The Bertz CT molecular complexity index is 1320. The molecule has 0 aliphatic carbocycles. The van der Waals surface area contributed by atoms with Gasteiger partial charge in [-0.15, -0.1) is 13.2 Å². The molecule has 6 heteroatoms. The maximum atomic E-state index is 14.6. The summed E-state index contributed by atoms with van der Waals surface area (Å²) in [6.07, 6.45) is 4.50. The summed E-state index contributed by atoms with van der Waals surface area (Å²) in [5.41, 5.74) is 2.80. The molecule has 38 heavy (non-hydrogen) atoms. The number of hydrogen-bond acceptors (Lipinski definition) is 4. The SMILES string of the molecule is C=CC(C)(C)[C@]12C[C@@H]3C(=O)N4[C@H](C[C@@]5(C(C)(C)C=C)c6ccccc6N[C@H]45)C(=O)N3[C@@H]1Nc1ccccc12. The number of carbonyl (C=O) groups excluding carboxylic acids is 2. The molecule has 2 N–H and O–H groups in total.